The summed E-state index contributed by atoms with van der Waals surface area (Å²) in [7, 11) is 0. The van der Waals surface area contributed by atoms with Crippen LogP contribution in [0.4, 0.5) is 5.82 Å². The average molecular weight is 305 g/mol. The molecule has 2 aromatic rings. The molecule has 96 valence electrons. The van der Waals surface area contributed by atoms with E-state index in [0.717, 1.165) is 22.5 Å². The molecule has 0 spiro atoms. The lowest BCUT2D eigenvalue weighted by molar-refractivity contribution is -0.497. The summed E-state index contributed by atoms with van der Waals surface area (Å²) in [6.07, 6.45) is 0. The molecule has 5 heteroatoms. The van der Waals surface area contributed by atoms with Crippen molar-refractivity contribution in [2.75, 3.05) is 0 Å². The van der Waals surface area contributed by atoms with Gasteiger partial charge in [0.15, 0.2) is 0 Å². The summed E-state index contributed by atoms with van der Waals surface area (Å²) in [6, 6.07) is 14.3. The number of fused-ring (bicyclic) bond motifs is 1. The predicted molar refractivity (Wildman–Crippen MR) is 87.4 cm³/mol. The quantitative estimate of drug-likeness (QED) is 0.626. The second-order valence-corrected chi connectivity index (χ2v) is 10.7. The van der Waals surface area contributed by atoms with Gasteiger partial charge in [-0.3, -0.25) is 0 Å². The molecule has 1 aliphatic heterocycles. The van der Waals surface area contributed by atoms with Crippen LogP contribution >= 0.6 is 17.6 Å². The van der Waals surface area contributed by atoms with Crippen LogP contribution in [0.25, 0.3) is 0 Å². The molecule has 0 bridgehead atoms. The van der Waals surface area contributed by atoms with E-state index in [1.807, 2.05) is 30.3 Å². The Morgan fingerprint density at radius 3 is 2.53 bits per heavy atom. The van der Waals surface area contributed by atoms with E-state index in [9.17, 15) is 0 Å². The van der Waals surface area contributed by atoms with E-state index in [2.05, 4.69) is 30.3 Å². The zero-order valence-electron chi connectivity index (χ0n) is 10.7. The molecule has 1 unspecified atom stereocenters. The van der Waals surface area contributed by atoms with Gasteiger partial charge >= 0.3 is 5.82 Å². The molecular weight excluding hydrogens is 291 g/mol. The minimum Gasteiger partial charge on any atom is -0.189 e. The first-order valence-electron chi connectivity index (χ1n) is 6.02. The monoisotopic (exact) mass is 305 g/mol. The summed E-state index contributed by atoms with van der Waals surface area (Å²) in [5.74, 6) is 0.926. The Labute approximate surface area is 123 Å². The van der Waals surface area contributed by atoms with Crippen molar-refractivity contribution in [3.8, 4) is 0 Å². The van der Waals surface area contributed by atoms with E-state index in [1.165, 1.54) is 5.56 Å². The van der Waals surface area contributed by atoms with Crippen molar-refractivity contribution in [3.05, 3.63) is 59.3 Å². The third-order valence-corrected chi connectivity index (χ3v) is 7.23. The van der Waals surface area contributed by atoms with Crippen molar-refractivity contribution in [3.63, 3.8) is 0 Å². The van der Waals surface area contributed by atoms with Crippen molar-refractivity contribution < 1.29 is 4.34 Å². The Kier molecular flexibility index (Phi) is 3.12. The van der Waals surface area contributed by atoms with Crippen LogP contribution in [-0.4, -0.2) is 5.45 Å². The number of nitrogens with zero attached hydrogens (tertiary/aromatic N) is 2. The van der Waals surface area contributed by atoms with Gasteiger partial charge in [0, 0.05) is 11.6 Å². The Balaban J connectivity index is 2.25. The summed E-state index contributed by atoms with van der Waals surface area (Å²) < 4.78 is 2.11. The minimum atomic E-state index is -2.13. The van der Waals surface area contributed by atoms with Gasteiger partial charge in [-0.25, -0.2) is 0 Å². The first kappa shape index (κ1) is 13.0. The SMILES string of the molecule is Cc1cc(C)[n+]2c(c1)N=C(c1ccccc1)P2(=S)S. The average Bonchev–Trinajstić information content (AvgIpc) is 2.61. The molecule has 0 radical (unpaired) electrons. The van der Waals surface area contributed by atoms with Gasteiger partial charge in [-0.05, 0) is 42.3 Å². The molecule has 2 nitrogen and oxygen atoms in total. The second-order valence-electron chi connectivity index (χ2n) is 4.69. The highest BCUT2D eigenvalue weighted by atomic mass is 32.9. The Hall–Kier alpha value is -0.960. The topological polar surface area (TPSA) is 16.2 Å². The van der Waals surface area contributed by atoms with Crippen LogP contribution in [0.1, 0.15) is 16.8 Å². The minimum absolute atomic E-state index is 0.926. The van der Waals surface area contributed by atoms with Gasteiger partial charge < -0.3 is 0 Å². The maximum atomic E-state index is 5.80. The lowest BCUT2D eigenvalue weighted by Gasteiger charge is -2.11. The van der Waals surface area contributed by atoms with Crippen LogP contribution < -0.4 is 4.34 Å². The second kappa shape index (κ2) is 4.55. The highest BCUT2D eigenvalue weighted by Crippen LogP contribution is 2.55. The number of benzene rings is 1. The highest BCUT2D eigenvalue weighted by molar-refractivity contribution is 8.66. The molecule has 3 rings (SSSR count). The zero-order valence-corrected chi connectivity index (χ0v) is 13.3. The van der Waals surface area contributed by atoms with Gasteiger partial charge in [-0.2, -0.15) is 4.34 Å². The number of aromatic nitrogens is 1. The molecule has 0 amide bonds. The van der Waals surface area contributed by atoms with Crippen molar-refractivity contribution >= 4 is 40.7 Å². The molecule has 0 aliphatic carbocycles. The summed E-state index contributed by atoms with van der Waals surface area (Å²) >= 11 is 10.6. The van der Waals surface area contributed by atoms with E-state index >= 15 is 0 Å². The first-order valence-corrected chi connectivity index (χ1v) is 9.92. The summed E-state index contributed by atoms with van der Waals surface area (Å²) in [6.45, 7) is 4.14. The predicted octanol–water partition coefficient (Wildman–Crippen LogP) is 3.77. The molecule has 2 heterocycles. The van der Waals surface area contributed by atoms with E-state index in [4.69, 9.17) is 29.0 Å². The fourth-order valence-electron chi connectivity index (χ4n) is 2.40. The number of hydrogen-bond donors (Lipinski definition) is 1. The molecule has 1 aromatic carbocycles. The fraction of sp³-hybridized carbons (Fsp3) is 0.143. The molecule has 1 aromatic heterocycles. The number of rotatable bonds is 1. The molecular formula is C14H14N2PS2+. The number of pyridine rings is 1. The van der Waals surface area contributed by atoms with E-state index in [-0.39, 0.29) is 0 Å². The molecule has 0 saturated heterocycles. The Morgan fingerprint density at radius 1 is 1.16 bits per heavy atom. The van der Waals surface area contributed by atoms with Gasteiger partial charge in [0.05, 0.1) is 0 Å². The van der Waals surface area contributed by atoms with Crippen molar-refractivity contribution in [1.29, 1.82) is 0 Å². The van der Waals surface area contributed by atoms with Crippen molar-refractivity contribution in [2.45, 2.75) is 13.8 Å². The number of aliphatic imine (C=N–C) groups is 1. The van der Waals surface area contributed by atoms with Gasteiger partial charge in [0.25, 0.3) is 0 Å². The Bertz CT molecular complexity index is 739. The molecule has 0 saturated carbocycles. The normalized spacial score (nSPS) is 21.1. The van der Waals surface area contributed by atoms with Crippen LogP contribution in [0.2, 0.25) is 0 Å². The smallest absolute Gasteiger partial charge is 0.189 e. The maximum absolute atomic E-state index is 5.80. The van der Waals surface area contributed by atoms with E-state index < -0.39 is 5.39 Å². The molecule has 0 N–H and O–H groups in total. The number of hydrogen-bond acceptors (Lipinski definition) is 2. The van der Waals surface area contributed by atoms with Crippen molar-refractivity contribution in [2.24, 2.45) is 4.99 Å². The third kappa shape index (κ3) is 2.08. The molecule has 0 fully saturated rings. The van der Waals surface area contributed by atoms with E-state index in [0.29, 0.717) is 0 Å². The Morgan fingerprint density at radius 2 is 1.84 bits per heavy atom. The van der Waals surface area contributed by atoms with Crippen molar-refractivity contribution in [1.82, 2.24) is 0 Å². The molecule has 1 aliphatic rings. The van der Waals surface area contributed by atoms with Crippen LogP contribution in [0.3, 0.4) is 0 Å². The number of aryl methyl sites for hydroxylation is 2. The molecule has 1 atom stereocenters. The van der Waals surface area contributed by atoms with Crippen LogP contribution in [0.15, 0.2) is 47.5 Å². The summed E-state index contributed by atoms with van der Waals surface area (Å²) in [5, 5.41) is -2.13. The lowest BCUT2D eigenvalue weighted by atomic mass is 10.2. The van der Waals surface area contributed by atoms with Gasteiger partial charge in [-0.1, -0.05) is 42.6 Å². The first-order chi connectivity index (χ1) is 9.00. The van der Waals surface area contributed by atoms with Crippen LogP contribution in [0.5, 0.6) is 0 Å². The summed E-state index contributed by atoms with van der Waals surface area (Å²) in [4.78, 5) is 4.74. The highest BCUT2D eigenvalue weighted by Gasteiger charge is 2.42. The fourth-order valence-corrected chi connectivity index (χ4v) is 6.43. The van der Waals surface area contributed by atoms with Crippen LogP contribution in [0, 0.1) is 13.8 Å². The lowest BCUT2D eigenvalue weighted by Crippen LogP contribution is -2.31. The third-order valence-electron chi connectivity index (χ3n) is 3.14. The van der Waals surface area contributed by atoms with Gasteiger partial charge in [0.2, 0.25) is 10.8 Å². The van der Waals surface area contributed by atoms with E-state index in [1.54, 1.807) is 0 Å². The largest absolute Gasteiger partial charge is 0.328 e. The zero-order chi connectivity index (χ0) is 13.6. The van der Waals surface area contributed by atoms with Gasteiger partial charge in [-0.15, -0.1) is 0 Å². The summed E-state index contributed by atoms with van der Waals surface area (Å²) in [5.41, 5.74) is 4.33. The van der Waals surface area contributed by atoms with Crippen LogP contribution in [-0.2, 0) is 11.8 Å². The number of thiol groups is 1. The maximum Gasteiger partial charge on any atom is 0.328 e. The molecule has 19 heavy (non-hydrogen) atoms. The van der Waals surface area contributed by atoms with Gasteiger partial charge in [0.1, 0.15) is 5.69 Å². The standard InChI is InChI=1S/C14H13N2PS2/c1-10-8-11(2)16-13(9-10)15-14(17(16,18)19)12-6-4-3-5-7-12/h3-9H,1-2H3/p+1.